The fourth-order valence-electron chi connectivity index (χ4n) is 0.819. The predicted molar refractivity (Wildman–Crippen MR) is 45.9 cm³/mol. The van der Waals surface area contributed by atoms with E-state index in [-0.39, 0.29) is 10.0 Å². The van der Waals surface area contributed by atoms with Crippen molar-refractivity contribution in [3.63, 3.8) is 0 Å². The molecule has 0 bridgehead atoms. The summed E-state index contributed by atoms with van der Waals surface area (Å²) in [6, 6.07) is 0. The van der Waals surface area contributed by atoms with Gasteiger partial charge in [-0.25, -0.2) is 8.42 Å². The van der Waals surface area contributed by atoms with Crippen LogP contribution in [0.25, 0.3) is 0 Å². The van der Waals surface area contributed by atoms with Gasteiger partial charge >= 0.3 is 0 Å². The molecule has 0 atom stereocenters. The van der Waals surface area contributed by atoms with E-state index in [0.29, 0.717) is 6.54 Å². The van der Waals surface area contributed by atoms with Gasteiger partial charge in [0.05, 0.1) is 11.2 Å². The van der Waals surface area contributed by atoms with Gasteiger partial charge in [-0.1, -0.05) is 11.6 Å². The highest BCUT2D eigenvalue weighted by Gasteiger charge is 2.20. The van der Waals surface area contributed by atoms with Gasteiger partial charge in [0.1, 0.15) is 0 Å². The standard InChI is InChI=1S/C5H6Cl2N2O2S/c1-2-9-5(12(7,10)11)4(6)3-8-9/h3H,2H2,1H3. The van der Waals surface area contributed by atoms with Crippen molar-refractivity contribution in [2.24, 2.45) is 0 Å². The zero-order chi connectivity index (χ0) is 9.35. The van der Waals surface area contributed by atoms with Crippen LogP contribution in [-0.2, 0) is 15.6 Å². The Balaban J connectivity index is 3.39. The zero-order valence-corrected chi connectivity index (χ0v) is 8.49. The Morgan fingerprint density at radius 2 is 2.25 bits per heavy atom. The number of aryl methyl sites for hydroxylation is 1. The van der Waals surface area contributed by atoms with Gasteiger partial charge in [-0.05, 0) is 6.92 Å². The van der Waals surface area contributed by atoms with Crippen LogP contribution in [-0.4, -0.2) is 18.2 Å². The molecular formula is C5H6Cl2N2O2S. The van der Waals surface area contributed by atoms with Crippen molar-refractivity contribution in [2.75, 3.05) is 0 Å². The maximum absolute atomic E-state index is 10.9. The number of hydrogen-bond acceptors (Lipinski definition) is 3. The topological polar surface area (TPSA) is 52.0 Å². The smallest absolute Gasteiger partial charge is 0.252 e. The van der Waals surface area contributed by atoms with E-state index in [1.807, 2.05) is 0 Å². The molecule has 68 valence electrons. The molecule has 0 aliphatic carbocycles. The van der Waals surface area contributed by atoms with E-state index >= 15 is 0 Å². The predicted octanol–water partition coefficient (Wildman–Crippen LogP) is 1.48. The minimum Gasteiger partial charge on any atom is -0.252 e. The van der Waals surface area contributed by atoms with Crippen molar-refractivity contribution in [1.82, 2.24) is 9.78 Å². The second-order valence-electron chi connectivity index (χ2n) is 2.05. The molecule has 0 aliphatic heterocycles. The summed E-state index contributed by atoms with van der Waals surface area (Å²) >= 11 is 5.56. The van der Waals surface area contributed by atoms with E-state index < -0.39 is 9.05 Å². The molecule has 0 aliphatic rings. The summed E-state index contributed by atoms with van der Waals surface area (Å²) < 4.78 is 23.1. The molecule has 1 aromatic rings. The van der Waals surface area contributed by atoms with Crippen molar-refractivity contribution < 1.29 is 8.42 Å². The zero-order valence-electron chi connectivity index (χ0n) is 6.16. The molecule has 0 saturated heterocycles. The number of hydrogen-bond donors (Lipinski definition) is 0. The molecular weight excluding hydrogens is 223 g/mol. The summed E-state index contributed by atoms with van der Waals surface area (Å²) in [7, 11) is 1.32. The lowest BCUT2D eigenvalue weighted by atomic mass is 10.7. The second-order valence-corrected chi connectivity index (χ2v) is 4.94. The Morgan fingerprint density at radius 1 is 1.67 bits per heavy atom. The summed E-state index contributed by atoms with van der Waals surface area (Å²) in [5.41, 5.74) is 0. The Morgan fingerprint density at radius 3 is 2.58 bits per heavy atom. The maximum atomic E-state index is 10.9. The van der Waals surface area contributed by atoms with Crippen molar-refractivity contribution in [1.29, 1.82) is 0 Å². The molecule has 7 heteroatoms. The summed E-state index contributed by atoms with van der Waals surface area (Å²) in [6.07, 6.45) is 1.25. The average Bonchev–Trinajstić information content (AvgIpc) is 2.29. The molecule has 0 aromatic carbocycles. The molecule has 1 heterocycles. The third-order valence-corrected chi connectivity index (χ3v) is 3.00. The van der Waals surface area contributed by atoms with Crippen LogP contribution in [0.3, 0.4) is 0 Å². The Kier molecular flexibility index (Phi) is 2.65. The lowest BCUT2D eigenvalue weighted by Crippen LogP contribution is -2.05. The first-order valence-electron chi connectivity index (χ1n) is 3.12. The molecule has 0 amide bonds. The summed E-state index contributed by atoms with van der Waals surface area (Å²) in [6.45, 7) is 2.16. The van der Waals surface area contributed by atoms with Gasteiger partial charge in [-0.15, -0.1) is 0 Å². The van der Waals surface area contributed by atoms with Crippen LogP contribution in [0.4, 0.5) is 0 Å². The third-order valence-electron chi connectivity index (χ3n) is 1.28. The normalized spacial score (nSPS) is 11.9. The number of halogens is 2. The monoisotopic (exact) mass is 228 g/mol. The summed E-state index contributed by atoms with van der Waals surface area (Å²) in [4.78, 5) is 0. The molecule has 0 spiro atoms. The highest BCUT2D eigenvalue weighted by Crippen LogP contribution is 2.23. The molecule has 1 rings (SSSR count). The van der Waals surface area contributed by atoms with E-state index in [4.69, 9.17) is 22.3 Å². The fraction of sp³-hybridized carbons (Fsp3) is 0.400. The van der Waals surface area contributed by atoms with Gasteiger partial charge in [0.15, 0.2) is 5.03 Å². The van der Waals surface area contributed by atoms with Crippen molar-refractivity contribution >= 4 is 31.3 Å². The molecule has 0 N–H and O–H groups in total. The van der Waals surface area contributed by atoms with Crippen molar-refractivity contribution in [3.8, 4) is 0 Å². The largest absolute Gasteiger partial charge is 0.279 e. The van der Waals surface area contributed by atoms with Crippen LogP contribution in [0, 0.1) is 0 Å². The van der Waals surface area contributed by atoms with Crippen LogP contribution in [0.2, 0.25) is 5.02 Å². The Bertz CT molecular complexity index is 384. The van der Waals surface area contributed by atoms with Gasteiger partial charge in [-0.2, -0.15) is 5.10 Å². The molecule has 12 heavy (non-hydrogen) atoms. The average molecular weight is 229 g/mol. The summed E-state index contributed by atoms with van der Waals surface area (Å²) in [5.74, 6) is 0. The Labute approximate surface area is 79.5 Å². The minimum absolute atomic E-state index is 0.0480. The maximum Gasteiger partial charge on any atom is 0.279 e. The lowest BCUT2D eigenvalue weighted by molar-refractivity contribution is 0.564. The first-order chi connectivity index (χ1) is 5.46. The van der Waals surface area contributed by atoms with Gasteiger partial charge < -0.3 is 0 Å². The fourth-order valence-corrected chi connectivity index (χ4v) is 2.59. The van der Waals surface area contributed by atoms with Gasteiger partial charge in [0.25, 0.3) is 9.05 Å². The van der Waals surface area contributed by atoms with Crippen LogP contribution in [0.1, 0.15) is 6.92 Å². The lowest BCUT2D eigenvalue weighted by Gasteiger charge is -1.99. The number of nitrogens with zero attached hydrogens (tertiary/aromatic N) is 2. The van der Waals surface area contributed by atoms with Crippen molar-refractivity contribution in [3.05, 3.63) is 11.2 Å². The minimum atomic E-state index is -3.79. The first kappa shape index (κ1) is 9.83. The molecule has 0 saturated carbocycles. The van der Waals surface area contributed by atoms with Gasteiger partial charge in [0, 0.05) is 17.2 Å². The Hall–Kier alpha value is -0.260. The SMILES string of the molecule is CCn1ncc(Cl)c1S(=O)(=O)Cl. The third kappa shape index (κ3) is 1.73. The second kappa shape index (κ2) is 3.24. The van der Waals surface area contributed by atoms with Crippen LogP contribution in [0.5, 0.6) is 0 Å². The van der Waals surface area contributed by atoms with E-state index in [0.717, 1.165) is 0 Å². The first-order valence-corrected chi connectivity index (χ1v) is 5.81. The molecule has 0 unspecified atom stereocenters. The van der Waals surface area contributed by atoms with Crippen LogP contribution in [0.15, 0.2) is 11.2 Å². The quantitative estimate of drug-likeness (QED) is 0.721. The van der Waals surface area contributed by atoms with E-state index in [1.165, 1.54) is 10.9 Å². The van der Waals surface area contributed by atoms with E-state index in [2.05, 4.69) is 5.10 Å². The van der Waals surface area contributed by atoms with Gasteiger partial charge in [-0.3, -0.25) is 4.68 Å². The van der Waals surface area contributed by atoms with Gasteiger partial charge in [0.2, 0.25) is 0 Å². The van der Waals surface area contributed by atoms with Crippen LogP contribution < -0.4 is 0 Å². The van der Waals surface area contributed by atoms with E-state index in [1.54, 1.807) is 6.92 Å². The van der Waals surface area contributed by atoms with E-state index in [9.17, 15) is 8.42 Å². The number of aromatic nitrogens is 2. The molecule has 4 nitrogen and oxygen atoms in total. The van der Waals surface area contributed by atoms with Crippen LogP contribution >= 0.6 is 22.3 Å². The highest BCUT2D eigenvalue weighted by molar-refractivity contribution is 8.13. The molecule has 0 fully saturated rings. The summed E-state index contributed by atoms with van der Waals surface area (Å²) in [5, 5.41) is 3.62. The van der Waals surface area contributed by atoms with Crippen molar-refractivity contribution in [2.45, 2.75) is 18.5 Å². The molecule has 0 radical (unpaired) electrons. The molecule has 1 aromatic heterocycles. The number of rotatable bonds is 2. The highest BCUT2D eigenvalue weighted by atomic mass is 35.7.